The van der Waals surface area contributed by atoms with Gasteiger partial charge in [0.2, 0.25) is 0 Å². The third-order valence-corrected chi connectivity index (χ3v) is 3.19. The summed E-state index contributed by atoms with van der Waals surface area (Å²) in [4.78, 5) is 3.14. The topological polar surface area (TPSA) is 27.8 Å². The molecule has 1 aromatic carbocycles. The third kappa shape index (κ3) is 1.35. The van der Waals surface area contributed by atoms with Crippen molar-refractivity contribution < 1.29 is 4.39 Å². The average molecular weight is 204 g/mol. The number of aromatic amines is 1. The Kier molecular flexibility index (Phi) is 1.99. The second-order valence-corrected chi connectivity index (χ2v) is 4.10. The van der Waals surface area contributed by atoms with Gasteiger partial charge < -0.3 is 10.3 Å². The van der Waals surface area contributed by atoms with Gasteiger partial charge in [-0.05, 0) is 36.6 Å². The van der Waals surface area contributed by atoms with Crippen LogP contribution in [0.1, 0.15) is 17.9 Å². The SMILES string of the molecule is Fc1cccc2[nH]cc([C@H]3CCNC3)c12. The van der Waals surface area contributed by atoms with E-state index in [-0.39, 0.29) is 5.82 Å². The Bertz CT molecular complexity index is 483. The monoisotopic (exact) mass is 204 g/mol. The van der Waals surface area contributed by atoms with Gasteiger partial charge in [-0.3, -0.25) is 0 Å². The number of fused-ring (bicyclic) bond motifs is 1. The van der Waals surface area contributed by atoms with Crippen LogP contribution < -0.4 is 5.32 Å². The quantitative estimate of drug-likeness (QED) is 0.733. The minimum atomic E-state index is -0.115. The first kappa shape index (κ1) is 8.92. The van der Waals surface area contributed by atoms with E-state index in [1.165, 1.54) is 6.07 Å². The molecule has 15 heavy (non-hydrogen) atoms. The minimum Gasteiger partial charge on any atom is -0.361 e. The molecule has 0 unspecified atom stereocenters. The molecule has 3 heteroatoms. The first-order valence-corrected chi connectivity index (χ1v) is 5.32. The molecule has 1 aromatic heterocycles. The molecule has 0 radical (unpaired) electrons. The molecule has 0 spiro atoms. The number of aromatic nitrogens is 1. The highest BCUT2D eigenvalue weighted by atomic mass is 19.1. The van der Waals surface area contributed by atoms with E-state index in [4.69, 9.17) is 0 Å². The van der Waals surface area contributed by atoms with Crippen molar-refractivity contribution >= 4 is 10.9 Å². The normalized spacial score (nSPS) is 21.3. The van der Waals surface area contributed by atoms with E-state index in [0.29, 0.717) is 5.92 Å². The van der Waals surface area contributed by atoms with Crippen LogP contribution in [0.4, 0.5) is 4.39 Å². The van der Waals surface area contributed by atoms with Gasteiger partial charge in [-0.15, -0.1) is 0 Å². The second kappa shape index (κ2) is 3.35. The maximum absolute atomic E-state index is 13.7. The third-order valence-electron chi connectivity index (χ3n) is 3.19. The lowest BCUT2D eigenvalue weighted by atomic mass is 9.98. The molecule has 2 heterocycles. The molecule has 2 N–H and O–H groups in total. The lowest BCUT2D eigenvalue weighted by Gasteiger charge is -2.06. The van der Waals surface area contributed by atoms with Gasteiger partial charge in [-0.1, -0.05) is 6.07 Å². The van der Waals surface area contributed by atoms with E-state index in [1.807, 2.05) is 12.3 Å². The Morgan fingerprint density at radius 2 is 2.27 bits per heavy atom. The van der Waals surface area contributed by atoms with E-state index in [1.54, 1.807) is 6.07 Å². The van der Waals surface area contributed by atoms with E-state index in [2.05, 4.69) is 10.3 Å². The van der Waals surface area contributed by atoms with Crippen LogP contribution in [-0.2, 0) is 0 Å². The average Bonchev–Trinajstić information content (AvgIpc) is 2.85. The van der Waals surface area contributed by atoms with Gasteiger partial charge in [0, 0.05) is 23.6 Å². The molecule has 1 fully saturated rings. The maximum Gasteiger partial charge on any atom is 0.132 e. The molecule has 0 aliphatic carbocycles. The molecule has 0 amide bonds. The first-order valence-electron chi connectivity index (χ1n) is 5.32. The molecular weight excluding hydrogens is 191 g/mol. The summed E-state index contributed by atoms with van der Waals surface area (Å²) in [5, 5.41) is 4.08. The van der Waals surface area contributed by atoms with Gasteiger partial charge in [0.15, 0.2) is 0 Å². The van der Waals surface area contributed by atoms with Crippen molar-refractivity contribution in [1.82, 2.24) is 10.3 Å². The molecular formula is C12H13FN2. The zero-order valence-corrected chi connectivity index (χ0v) is 8.39. The Hall–Kier alpha value is -1.35. The molecule has 1 saturated heterocycles. The fourth-order valence-electron chi connectivity index (χ4n) is 2.41. The molecule has 3 rings (SSSR count). The van der Waals surface area contributed by atoms with Crippen molar-refractivity contribution in [1.29, 1.82) is 0 Å². The number of benzene rings is 1. The largest absolute Gasteiger partial charge is 0.361 e. The standard InChI is InChI=1S/C12H13FN2/c13-10-2-1-3-11-12(10)9(7-15-11)8-4-5-14-6-8/h1-3,7-8,14-15H,4-6H2/t8-/m0/s1. The van der Waals surface area contributed by atoms with Crippen LogP contribution in [0.15, 0.2) is 24.4 Å². The summed E-state index contributed by atoms with van der Waals surface area (Å²) in [5.41, 5.74) is 2.02. The van der Waals surface area contributed by atoms with Crippen molar-refractivity contribution in [3.63, 3.8) is 0 Å². The van der Waals surface area contributed by atoms with E-state index in [9.17, 15) is 4.39 Å². The number of nitrogens with one attached hydrogen (secondary N) is 2. The van der Waals surface area contributed by atoms with Crippen LogP contribution in [0.3, 0.4) is 0 Å². The van der Waals surface area contributed by atoms with Gasteiger partial charge >= 0.3 is 0 Å². The lowest BCUT2D eigenvalue weighted by Crippen LogP contribution is -2.07. The lowest BCUT2D eigenvalue weighted by molar-refractivity contribution is 0.637. The summed E-state index contributed by atoms with van der Waals surface area (Å²) in [6, 6.07) is 5.19. The maximum atomic E-state index is 13.7. The van der Waals surface area contributed by atoms with Crippen LogP contribution in [0.5, 0.6) is 0 Å². The fourth-order valence-corrected chi connectivity index (χ4v) is 2.41. The van der Waals surface area contributed by atoms with Crippen molar-refractivity contribution in [3.8, 4) is 0 Å². The van der Waals surface area contributed by atoms with Crippen LogP contribution >= 0.6 is 0 Å². The zero-order valence-electron chi connectivity index (χ0n) is 8.39. The molecule has 78 valence electrons. The van der Waals surface area contributed by atoms with Crippen molar-refractivity contribution in [2.45, 2.75) is 12.3 Å². The Morgan fingerprint density at radius 1 is 1.33 bits per heavy atom. The highest BCUT2D eigenvalue weighted by Gasteiger charge is 2.21. The molecule has 0 bridgehead atoms. The summed E-state index contributed by atoms with van der Waals surface area (Å²) in [6.07, 6.45) is 3.05. The van der Waals surface area contributed by atoms with Gasteiger partial charge in [0.1, 0.15) is 5.82 Å². The highest BCUT2D eigenvalue weighted by Crippen LogP contribution is 2.30. The summed E-state index contributed by atoms with van der Waals surface area (Å²) >= 11 is 0. The summed E-state index contributed by atoms with van der Waals surface area (Å²) in [5.74, 6) is 0.339. The predicted molar refractivity (Wildman–Crippen MR) is 58.5 cm³/mol. The predicted octanol–water partition coefficient (Wildman–Crippen LogP) is 2.38. The van der Waals surface area contributed by atoms with E-state index < -0.39 is 0 Å². The van der Waals surface area contributed by atoms with Crippen LogP contribution in [-0.4, -0.2) is 18.1 Å². The molecule has 1 aliphatic heterocycles. The van der Waals surface area contributed by atoms with Crippen LogP contribution in [0.2, 0.25) is 0 Å². The van der Waals surface area contributed by atoms with Gasteiger partial charge in [-0.2, -0.15) is 0 Å². The van der Waals surface area contributed by atoms with Crippen LogP contribution in [0, 0.1) is 5.82 Å². The van der Waals surface area contributed by atoms with Gasteiger partial charge in [-0.25, -0.2) is 4.39 Å². The van der Waals surface area contributed by atoms with Crippen molar-refractivity contribution in [2.75, 3.05) is 13.1 Å². The number of halogens is 1. The van der Waals surface area contributed by atoms with Gasteiger partial charge in [0.05, 0.1) is 0 Å². The Labute approximate surface area is 87.5 Å². The zero-order chi connectivity index (χ0) is 10.3. The summed E-state index contributed by atoms with van der Waals surface area (Å²) in [6.45, 7) is 1.99. The highest BCUT2D eigenvalue weighted by molar-refractivity contribution is 5.84. The smallest absolute Gasteiger partial charge is 0.132 e. The van der Waals surface area contributed by atoms with E-state index >= 15 is 0 Å². The van der Waals surface area contributed by atoms with E-state index in [0.717, 1.165) is 36.0 Å². The molecule has 0 saturated carbocycles. The molecule has 2 aromatic rings. The number of hydrogen-bond acceptors (Lipinski definition) is 1. The minimum absolute atomic E-state index is 0.115. The summed E-state index contributed by atoms with van der Waals surface area (Å²) in [7, 11) is 0. The van der Waals surface area contributed by atoms with Crippen molar-refractivity contribution in [2.24, 2.45) is 0 Å². The number of H-pyrrole nitrogens is 1. The van der Waals surface area contributed by atoms with Crippen LogP contribution in [0.25, 0.3) is 10.9 Å². The van der Waals surface area contributed by atoms with Crippen molar-refractivity contribution in [3.05, 3.63) is 35.8 Å². The fraction of sp³-hybridized carbons (Fsp3) is 0.333. The first-order chi connectivity index (χ1) is 7.36. The molecule has 2 nitrogen and oxygen atoms in total. The number of hydrogen-bond donors (Lipinski definition) is 2. The summed E-state index contributed by atoms with van der Waals surface area (Å²) < 4.78 is 13.7. The second-order valence-electron chi connectivity index (χ2n) is 4.10. The number of rotatable bonds is 1. The Morgan fingerprint density at radius 3 is 3.07 bits per heavy atom. The molecule has 1 atom stereocenters. The Balaban J connectivity index is 2.18. The molecule has 1 aliphatic rings. The van der Waals surface area contributed by atoms with Gasteiger partial charge in [0.25, 0.3) is 0 Å².